The molecule has 0 aromatic rings. The molecule has 104 valence electrons. The van der Waals surface area contributed by atoms with Crippen molar-refractivity contribution >= 4 is 0 Å². The van der Waals surface area contributed by atoms with E-state index in [9.17, 15) is 0 Å². The van der Waals surface area contributed by atoms with Crippen LogP contribution < -0.4 is 5.32 Å². The zero-order chi connectivity index (χ0) is 12.9. The van der Waals surface area contributed by atoms with Crippen LogP contribution in [0.3, 0.4) is 0 Å². The molecule has 1 unspecified atom stereocenters. The summed E-state index contributed by atoms with van der Waals surface area (Å²) in [4.78, 5) is 2.52. The summed E-state index contributed by atoms with van der Waals surface area (Å²) in [5, 5.41) is 3.44. The van der Waals surface area contributed by atoms with Crippen molar-refractivity contribution in [2.45, 2.75) is 53.0 Å². The van der Waals surface area contributed by atoms with E-state index in [1.807, 2.05) is 0 Å². The lowest BCUT2D eigenvalue weighted by Crippen LogP contribution is -2.38. The first-order chi connectivity index (χ1) is 8.26. The Balaban J connectivity index is 3.31. The Morgan fingerprint density at radius 3 is 2.47 bits per heavy atom. The Labute approximate surface area is 108 Å². The molecular weight excluding hydrogens is 212 g/mol. The molecule has 0 amide bonds. The van der Waals surface area contributed by atoms with Crippen molar-refractivity contribution in [2.75, 3.05) is 39.4 Å². The van der Waals surface area contributed by atoms with Gasteiger partial charge in [0.1, 0.15) is 0 Å². The molecule has 0 saturated carbocycles. The van der Waals surface area contributed by atoms with Gasteiger partial charge < -0.3 is 10.1 Å². The molecule has 0 spiro atoms. The minimum atomic E-state index is 0.697. The van der Waals surface area contributed by atoms with Gasteiger partial charge >= 0.3 is 0 Å². The molecule has 3 nitrogen and oxygen atoms in total. The maximum absolute atomic E-state index is 5.50. The van der Waals surface area contributed by atoms with E-state index >= 15 is 0 Å². The smallest absolute Gasteiger partial charge is 0.0590 e. The lowest BCUT2D eigenvalue weighted by atomic mass is 10.2. The minimum Gasteiger partial charge on any atom is -0.380 e. The van der Waals surface area contributed by atoms with Gasteiger partial charge in [0.2, 0.25) is 0 Å². The summed E-state index contributed by atoms with van der Waals surface area (Å²) in [5.41, 5.74) is 0. The molecule has 1 atom stereocenters. The molecule has 0 aromatic carbocycles. The summed E-state index contributed by atoms with van der Waals surface area (Å²) in [6.07, 6.45) is 3.62. The minimum absolute atomic E-state index is 0.697. The second-order valence-electron chi connectivity index (χ2n) is 4.60. The number of nitrogens with one attached hydrogen (secondary N) is 1. The predicted molar refractivity (Wildman–Crippen MR) is 75.6 cm³/mol. The highest BCUT2D eigenvalue weighted by molar-refractivity contribution is 4.65. The van der Waals surface area contributed by atoms with Crippen LogP contribution in [0.1, 0.15) is 47.0 Å². The maximum atomic E-state index is 5.50. The Morgan fingerprint density at radius 1 is 1.12 bits per heavy atom. The van der Waals surface area contributed by atoms with Crippen molar-refractivity contribution in [2.24, 2.45) is 0 Å². The van der Waals surface area contributed by atoms with Crippen molar-refractivity contribution < 1.29 is 4.74 Å². The van der Waals surface area contributed by atoms with Crippen molar-refractivity contribution in [3.8, 4) is 0 Å². The van der Waals surface area contributed by atoms with Gasteiger partial charge in [-0.2, -0.15) is 0 Å². The zero-order valence-corrected chi connectivity index (χ0v) is 12.3. The first-order valence-corrected chi connectivity index (χ1v) is 7.28. The fourth-order valence-electron chi connectivity index (χ4n) is 1.79. The highest BCUT2D eigenvalue weighted by atomic mass is 16.5. The van der Waals surface area contributed by atoms with Gasteiger partial charge in [-0.05, 0) is 26.3 Å². The molecule has 0 aliphatic heterocycles. The Kier molecular flexibility index (Phi) is 12.3. The van der Waals surface area contributed by atoms with Crippen molar-refractivity contribution in [3.05, 3.63) is 0 Å². The highest BCUT2D eigenvalue weighted by Gasteiger charge is 2.08. The summed E-state index contributed by atoms with van der Waals surface area (Å²) in [7, 11) is 0. The van der Waals surface area contributed by atoms with Gasteiger partial charge in [0.05, 0.1) is 6.61 Å². The number of ether oxygens (including phenoxy) is 1. The van der Waals surface area contributed by atoms with Gasteiger partial charge in [-0.3, -0.25) is 4.90 Å². The fourth-order valence-corrected chi connectivity index (χ4v) is 1.79. The maximum Gasteiger partial charge on any atom is 0.0590 e. The number of likely N-dealkylation sites (N-methyl/N-ethyl adjacent to an activating group) is 1. The van der Waals surface area contributed by atoms with E-state index in [-0.39, 0.29) is 0 Å². The SMILES string of the molecule is CCCCOCCNCCN(CC)C(C)CC. The Bertz CT molecular complexity index is 153. The number of hydrogen-bond acceptors (Lipinski definition) is 3. The third-order valence-corrected chi connectivity index (χ3v) is 3.26. The molecule has 0 aliphatic carbocycles. The van der Waals surface area contributed by atoms with Gasteiger partial charge in [-0.1, -0.05) is 27.2 Å². The van der Waals surface area contributed by atoms with Gasteiger partial charge in [-0.15, -0.1) is 0 Å². The predicted octanol–water partition coefficient (Wildman–Crippen LogP) is 2.51. The summed E-state index contributed by atoms with van der Waals surface area (Å²) in [5.74, 6) is 0. The van der Waals surface area contributed by atoms with Crippen LogP contribution >= 0.6 is 0 Å². The van der Waals surface area contributed by atoms with E-state index in [0.717, 1.165) is 39.4 Å². The molecule has 0 heterocycles. The van der Waals surface area contributed by atoms with Crippen molar-refractivity contribution in [1.82, 2.24) is 10.2 Å². The number of nitrogens with zero attached hydrogens (tertiary/aromatic N) is 1. The van der Waals surface area contributed by atoms with E-state index in [0.29, 0.717) is 6.04 Å². The van der Waals surface area contributed by atoms with Crippen LogP contribution in [0.2, 0.25) is 0 Å². The monoisotopic (exact) mass is 244 g/mol. The molecule has 0 rings (SSSR count). The van der Waals surface area contributed by atoms with E-state index < -0.39 is 0 Å². The molecule has 3 heteroatoms. The normalized spacial score (nSPS) is 13.2. The standard InChI is InChI=1S/C14H32N2O/c1-5-8-12-17-13-10-15-9-11-16(7-3)14(4)6-2/h14-15H,5-13H2,1-4H3. The van der Waals surface area contributed by atoms with E-state index in [4.69, 9.17) is 4.74 Å². The lowest BCUT2D eigenvalue weighted by molar-refractivity contribution is 0.131. The molecule has 0 saturated heterocycles. The van der Waals surface area contributed by atoms with Crippen LogP contribution in [-0.4, -0.2) is 50.3 Å². The van der Waals surface area contributed by atoms with E-state index in [2.05, 4.69) is 37.9 Å². The highest BCUT2D eigenvalue weighted by Crippen LogP contribution is 2.01. The molecule has 0 fully saturated rings. The molecule has 0 aromatic heterocycles. The molecule has 1 N–H and O–H groups in total. The van der Waals surface area contributed by atoms with Crippen LogP contribution in [0.25, 0.3) is 0 Å². The first-order valence-electron chi connectivity index (χ1n) is 7.28. The third-order valence-electron chi connectivity index (χ3n) is 3.26. The first kappa shape index (κ1) is 16.9. The summed E-state index contributed by atoms with van der Waals surface area (Å²) in [6.45, 7) is 15.1. The second-order valence-corrected chi connectivity index (χ2v) is 4.60. The van der Waals surface area contributed by atoms with E-state index in [1.54, 1.807) is 0 Å². The summed E-state index contributed by atoms with van der Waals surface area (Å²) >= 11 is 0. The fraction of sp³-hybridized carbons (Fsp3) is 1.00. The van der Waals surface area contributed by atoms with Gasteiger partial charge in [0, 0.05) is 32.3 Å². The van der Waals surface area contributed by atoms with Crippen LogP contribution in [0.4, 0.5) is 0 Å². The lowest BCUT2D eigenvalue weighted by Gasteiger charge is -2.26. The number of hydrogen-bond donors (Lipinski definition) is 1. The molecule has 0 bridgehead atoms. The summed E-state index contributed by atoms with van der Waals surface area (Å²) in [6, 6.07) is 0.697. The van der Waals surface area contributed by atoms with Gasteiger partial charge in [-0.25, -0.2) is 0 Å². The van der Waals surface area contributed by atoms with Crippen LogP contribution in [0.5, 0.6) is 0 Å². The van der Waals surface area contributed by atoms with E-state index in [1.165, 1.54) is 19.3 Å². The molecule has 17 heavy (non-hydrogen) atoms. The number of rotatable bonds is 12. The molecule has 0 radical (unpaired) electrons. The topological polar surface area (TPSA) is 24.5 Å². The van der Waals surface area contributed by atoms with Crippen LogP contribution in [0, 0.1) is 0 Å². The van der Waals surface area contributed by atoms with Crippen LogP contribution in [-0.2, 0) is 4.74 Å². The second kappa shape index (κ2) is 12.3. The third kappa shape index (κ3) is 9.57. The largest absolute Gasteiger partial charge is 0.380 e. The van der Waals surface area contributed by atoms with Crippen LogP contribution in [0.15, 0.2) is 0 Å². The zero-order valence-electron chi connectivity index (χ0n) is 12.3. The van der Waals surface area contributed by atoms with Gasteiger partial charge in [0.15, 0.2) is 0 Å². The quantitative estimate of drug-likeness (QED) is 0.534. The van der Waals surface area contributed by atoms with Crippen molar-refractivity contribution in [3.63, 3.8) is 0 Å². The molecule has 0 aliphatic rings. The molecular formula is C14H32N2O. The average Bonchev–Trinajstić information content (AvgIpc) is 2.36. The van der Waals surface area contributed by atoms with Gasteiger partial charge in [0.25, 0.3) is 0 Å². The Morgan fingerprint density at radius 2 is 1.88 bits per heavy atom. The Hall–Kier alpha value is -0.120. The summed E-state index contributed by atoms with van der Waals surface area (Å²) < 4.78 is 5.50. The number of unbranched alkanes of at least 4 members (excludes halogenated alkanes) is 1. The average molecular weight is 244 g/mol. The van der Waals surface area contributed by atoms with Crippen molar-refractivity contribution in [1.29, 1.82) is 0 Å².